The van der Waals surface area contributed by atoms with Crippen molar-refractivity contribution in [1.29, 1.82) is 0 Å². The van der Waals surface area contributed by atoms with Gasteiger partial charge >= 0.3 is 0 Å². The number of hydrogen-bond donors (Lipinski definition) is 3. The van der Waals surface area contributed by atoms with Crippen molar-refractivity contribution in [2.75, 3.05) is 18.0 Å². The van der Waals surface area contributed by atoms with Crippen molar-refractivity contribution in [2.45, 2.75) is 12.0 Å². The molecule has 2 heterocycles. The van der Waals surface area contributed by atoms with E-state index >= 15 is 0 Å². The number of amides is 1. The first kappa shape index (κ1) is 17.6. The number of aliphatic imine (C=N–C) groups is 1. The summed E-state index contributed by atoms with van der Waals surface area (Å²) >= 11 is 1.61. The number of nitrogen functional groups attached to an aromatic ring is 1. The van der Waals surface area contributed by atoms with Gasteiger partial charge in [0.1, 0.15) is 5.60 Å². The van der Waals surface area contributed by atoms with Crippen LogP contribution in [0.3, 0.4) is 0 Å². The third kappa shape index (κ3) is 3.07. The molecule has 1 aromatic heterocycles. The first-order valence-corrected chi connectivity index (χ1v) is 9.50. The van der Waals surface area contributed by atoms with Gasteiger partial charge in [-0.3, -0.25) is 14.4 Å². The molecule has 8 heteroatoms. The summed E-state index contributed by atoms with van der Waals surface area (Å²) in [5, 5.41) is 12.2. The second-order valence-corrected chi connectivity index (χ2v) is 7.45. The van der Waals surface area contributed by atoms with Gasteiger partial charge in [0, 0.05) is 5.75 Å². The Labute approximate surface area is 160 Å². The smallest absolute Gasteiger partial charge is 0.221 e. The predicted octanol–water partition coefficient (Wildman–Crippen LogP) is 1.68. The number of primary amides is 1. The van der Waals surface area contributed by atoms with Crippen LogP contribution in [0.15, 0.2) is 53.5 Å². The fourth-order valence-corrected chi connectivity index (χ4v) is 4.22. The maximum absolute atomic E-state index is 11.7. The van der Waals surface area contributed by atoms with Gasteiger partial charge in [-0.25, -0.2) is 4.98 Å². The molecule has 1 aliphatic heterocycles. The molecule has 1 aliphatic rings. The molecular weight excluding hydrogens is 362 g/mol. The monoisotopic (exact) mass is 381 g/mol. The number of fused-ring (bicyclic) bond motifs is 1. The van der Waals surface area contributed by atoms with E-state index in [1.807, 2.05) is 18.2 Å². The third-order valence-electron chi connectivity index (χ3n) is 4.60. The number of carbonyl (C=O) groups is 1. The maximum Gasteiger partial charge on any atom is 0.221 e. The SMILES string of the molecule is NC(=O)CC(O)(c1ccccc1)c1ccc2nc(N)n(C3=NCCS3)c2c1. The Morgan fingerprint density at radius 2 is 2.00 bits per heavy atom. The van der Waals surface area contributed by atoms with E-state index in [9.17, 15) is 9.90 Å². The van der Waals surface area contributed by atoms with E-state index in [4.69, 9.17) is 11.5 Å². The van der Waals surface area contributed by atoms with Crippen molar-refractivity contribution in [3.8, 4) is 0 Å². The van der Waals surface area contributed by atoms with Crippen molar-refractivity contribution in [1.82, 2.24) is 9.55 Å². The molecule has 0 radical (unpaired) electrons. The second-order valence-electron chi connectivity index (χ2n) is 6.39. The van der Waals surface area contributed by atoms with Crippen LogP contribution in [0.2, 0.25) is 0 Å². The van der Waals surface area contributed by atoms with Crippen LogP contribution in [0.5, 0.6) is 0 Å². The largest absolute Gasteiger partial charge is 0.380 e. The Hall–Kier alpha value is -2.84. The summed E-state index contributed by atoms with van der Waals surface area (Å²) < 4.78 is 1.78. The van der Waals surface area contributed by atoms with Crippen molar-refractivity contribution >= 4 is 39.8 Å². The number of thioether (sulfide) groups is 1. The first-order chi connectivity index (χ1) is 13.0. The minimum atomic E-state index is -1.55. The van der Waals surface area contributed by atoms with Crippen LogP contribution in [0.4, 0.5) is 5.95 Å². The maximum atomic E-state index is 11.7. The molecule has 1 atom stereocenters. The highest BCUT2D eigenvalue weighted by molar-refractivity contribution is 8.14. The van der Waals surface area contributed by atoms with E-state index in [1.165, 1.54) is 0 Å². The first-order valence-electron chi connectivity index (χ1n) is 8.51. The van der Waals surface area contributed by atoms with Gasteiger partial charge in [-0.05, 0) is 23.3 Å². The fraction of sp³-hybridized carbons (Fsp3) is 0.211. The molecule has 138 valence electrons. The summed E-state index contributed by atoms with van der Waals surface area (Å²) in [6.45, 7) is 0.731. The van der Waals surface area contributed by atoms with Crippen LogP contribution in [0, 0.1) is 0 Å². The molecule has 0 fully saturated rings. The highest BCUT2D eigenvalue weighted by atomic mass is 32.2. The summed E-state index contributed by atoms with van der Waals surface area (Å²) in [7, 11) is 0. The van der Waals surface area contributed by atoms with Crippen LogP contribution in [0.25, 0.3) is 11.0 Å². The van der Waals surface area contributed by atoms with Crippen LogP contribution in [-0.4, -0.2) is 38.0 Å². The van der Waals surface area contributed by atoms with Crippen molar-refractivity contribution in [2.24, 2.45) is 10.7 Å². The Balaban J connectivity index is 1.91. The van der Waals surface area contributed by atoms with E-state index in [2.05, 4.69) is 9.98 Å². The van der Waals surface area contributed by atoms with Gasteiger partial charge in [0.05, 0.1) is 24.0 Å². The molecule has 3 aromatic rings. The van der Waals surface area contributed by atoms with Crippen LogP contribution in [-0.2, 0) is 10.4 Å². The number of carbonyl (C=O) groups excluding carboxylic acids is 1. The van der Waals surface area contributed by atoms with Gasteiger partial charge in [-0.1, -0.05) is 48.2 Å². The average Bonchev–Trinajstić information content (AvgIpc) is 3.27. The van der Waals surface area contributed by atoms with E-state index in [1.54, 1.807) is 46.7 Å². The molecule has 1 amide bonds. The summed E-state index contributed by atoms with van der Waals surface area (Å²) in [5.74, 6) is 0.641. The molecule has 0 saturated carbocycles. The number of nitrogens with zero attached hydrogens (tertiary/aromatic N) is 3. The van der Waals surface area contributed by atoms with Gasteiger partial charge < -0.3 is 16.6 Å². The van der Waals surface area contributed by atoms with E-state index in [0.29, 0.717) is 22.6 Å². The fourth-order valence-electron chi connectivity index (χ4n) is 3.35. The molecular formula is C19H19N5O2S. The topological polar surface area (TPSA) is 120 Å². The lowest BCUT2D eigenvalue weighted by Gasteiger charge is -2.28. The second kappa shape index (κ2) is 6.71. The molecule has 2 aromatic carbocycles. The summed E-state index contributed by atoms with van der Waals surface area (Å²) in [6, 6.07) is 14.4. The van der Waals surface area contributed by atoms with Crippen molar-refractivity contribution < 1.29 is 9.90 Å². The van der Waals surface area contributed by atoms with Gasteiger partial charge in [-0.2, -0.15) is 0 Å². The number of nitrogens with two attached hydrogens (primary N) is 2. The Morgan fingerprint density at radius 1 is 1.22 bits per heavy atom. The van der Waals surface area contributed by atoms with E-state index in [0.717, 1.165) is 23.0 Å². The molecule has 0 aliphatic carbocycles. The molecule has 7 nitrogen and oxygen atoms in total. The molecule has 0 saturated heterocycles. The Morgan fingerprint density at radius 3 is 2.67 bits per heavy atom. The Bertz CT molecular complexity index is 1050. The Kier molecular flexibility index (Phi) is 4.37. The number of rotatable bonds is 4. The minimum Gasteiger partial charge on any atom is -0.380 e. The highest BCUT2D eigenvalue weighted by Crippen LogP contribution is 2.35. The summed E-state index contributed by atoms with van der Waals surface area (Å²) in [4.78, 5) is 20.6. The van der Waals surface area contributed by atoms with Crippen molar-refractivity contribution in [3.63, 3.8) is 0 Å². The lowest BCUT2D eigenvalue weighted by atomic mass is 9.83. The van der Waals surface area contributed by atoms with E-state index in [-0.39, 0.29) is 6.42 Å². The highest BCUT2D eigenvalue weighted by Gasteiger charge is 2.34. The molecule has 0 bridgehead atoms. The quantitative estimate of drug-likeness (QED) is 0.635. The number of aliphatic hydroxyl groups is 1. The van der Waals surface area contributed by atoms with Crippen LogP contribution in [0.1, 0.15) is 17.5 Å². The number of anilines is 1. The lowest BCUT2D eigenvalue weighted by Crippen LogP contribution is -2.33. The van der Waals surface area contributed by atoms with E-state index < -0.39 is 11.5 Å². The van der Waals surface area contributed by atoms with Gasteiger partial charge in [-0.15, -0.1) is 0 Å². The number of imidazole rings is 1. The molecule has 0 spiro atoms. The average molecular weight is 381 g/mol. The van der Waals surface area contributed by atoms with Crippen molar-refractivity contribution in [3.05, 3.63) is 59.7 Å². The molecule has 27 heavy (non-hydrogen) atoms. The zero-order valence-electron chi connectivity index (χ0n) is 14.5. The molecule has 4 rings (SSSR count). The van der Waals surface area contributed by atoms with Gasteiger partial charge in [0.2, 0.25) is 11.9 Å². The molecule has 1 unspecified atom stereocenters. The van der Waals surface area contributed by atoms with Gasteiger partial charge in [0.25, 0.3) is 0 Å². The van der Waals surface area contributed by atoms with Gasteiger partial charge in [0.15, 0.2) is 5.17 Å². The summed E-state index contributed by atoms with van der Waals surface area (Å²) in [5.41, 5.74) is 12.6. The zero-order valence-corrected chi connectivity index (χ0v) is 15.3. The minimum absolute atomic E-state index is 0.234. The third-order valence-corrected chi connectivity index (χ3v) is 5.56. The predicted molar refractivity (Wildman–Crippen MR) is 108 cm³/mol. The number of hydrogen-bond acceptors (Lipinski definition) is 6. The zero-order chi connectivity index (χ0) is 19.0. The van der Waals surface area contributed by atoms with Crippen LogP contribution >= 0.6 is 11.8 Å². The lowest BCUT2D eigenvalue weighted by molar-refractivity contribution is -0.121. The summed E-state index contributed by atoms with van der Waals surface area (Å²) in [6.07, 6.45) is -0.234. The van der Waals surface area contributed by atoms with Crippen LogP contribution < -0.4 is 11.5 Å². The standard InChI is InChI=1S/C19H19N5O2S/c20-16(25)11-19(26,12-4-2-1-3-5-12)13-6-7-14-15(10-13)24(17(21)23-14)18-22-8-9-27-18/h1-7,10,26H,8-9,11H2,(H2,20,25)(H2,21,23). The molecule has 5 N–H and O–H groups in total. The number of aromatic nitrogens is 2. The number of benzene rings is 2. The normalized spacial score (nSPS) is 16.3.